The molecular formula is C11H9BrClF3O2. The number of hydrogen-bond acceptors (Lipinski definition) is 2. The zero-order valence-electron chi connectivity index (χ0n) is 9.06. The number of rotatable bonds is 5. The first-order valence-corrected chi connectivity index (χ1v) is 6.56. The summed E-state index contributed by atoms with van der Waals surface area (Å²) in [4.78, 5) is 11.6. The molecule has 0 aliphatic heterocycles. The summed E-state index contributed by atoms with van der Waals surface area (Å²) >= 11 is 8.66. The van der Waals surface area contributed by atoms with E-state index < -0.39 is 6.36 Å². The van der Waals surface area contributed by atoms with E-state index in [1.807, 2.05) is 0 Å². The van der Waals surface area contributed by atoms with Crippen molar-refractivity contribution >= 4 is 33.3 Å². The number of ketones is 1. The van der Waals surface area contributed by atoms with E-state index in [0.717, 1.165) is 6.07 Å². The molecule has 0 fully saturated rings. The van der Waals surface area contributed by atoms with Gasteiger partial charge in [-0.25, -0.2) is 0 Å². The quantitative estimate of drug-likeness (QED) is 0.588. The van der Waals surface area contributed by atoms with Gasteiger partial charge in [-0.2, -0.15) is 0 Å². The Morgan fingerprint density at radius 2 is 2.06 bits per heavy atom. The largest absolute Gasteiger partial charge is 0.573 e. The Kier molecular flexibility index (Phi) is 5.47. The number of carbonyl (C=O) groups excluding carboxylic acids is 1. The second-order valence-electron chi connectivity index (χ2n) is 3.37. The highest BCUT2D eigenvalue weighted by atomic mass is 79.9. The number of alkyl halides is 5. The summed E-state index contributed by atoms with van der Waals surface area (Å²) < 4.78 is 40.1. The van der Waals surface area contributed by atoms with E-state index in [0.29, 0.717) is 10.9 Å². The Bertz CT molecular complexity index is 435. The molecule has 100 valence electrons. The van der Waals surface area contributed by atoms with Gasteiger partial charge in [-0.1, -0.05) is 15.9 Å². The van der Waals surface area contributed by atoms with E-state index in [9.17, 15) is 18.0 Å². The lowest BCUT2D eigenvalue weighted by atomic mass is 10.1. The van der Waals surface area contributed by atoms with Crippen LogP contribution in [-0.4, -0.2) is 17.5 Å². The van der Waals surface area contributed by atoms with Gasteiger partial charge in [0.25, 0.3) is 0 Å². The number of carbonyl (C=O) groups is 1. The second kappa shape index (κ2) is 6.43. The first-order valence-electron chi connectivity index (χ1n) is 4.91. The van der Waals surface area contributed by atoms with Gasteiger partial charge in [-0.05, 0) is 18.2 Å². The van der Waals surface area contributed by atoms with Crippen LogP contribution in [0.25, 0.3) is 0 Å². The number of benzene rings is 1. The van der Waals surface area contributed by atoms with Gasteiger partial charge < -0.3 is 4.74 Å². The fraction of sp³-hybridized carbons (Fsp3) is 0.364. The van der Waals surface area contributed by atoms with Crippen LogP contribution in [0.2, 0.25) is 0 Å². The molecule has 0 atom stereocenters. The SMILES string of the molecule is O=C(CCBr)c1ccc(OC(F)(F)F)c(CCl)c1. The molecular weight excluding hydrogens is 336 g/mol. The van der Waals surface area contributed by atoms with E-state index in [4.69, 9.17) is 11.6 Å². The van der Waals surface area contributed by atoms with Crippen molar-refractivity contribution in [3.8, 4) is 5.75 Å². The molecule has 0 unspecified atom stereocenters. The van der Waals surface area contributed by atoms with Gasteiger partial charge in [0.1, 0.15) is 5.75 Å². The van der Waals surface area contributed by atoms with Crippen LogP contribution in [0.4, 0.5) is 13.2 Å². The van der Waals surface area contributed by atoms with Gasteiger partial charge in [0.2, 0.25) is 0 Å². The van der Waals surface area contributed by atoms with Crippen molar-refractivity contribution in [2.45, 2.75) is 18.7 Å². The standard InChI is InChI=1S/C11H9BrClF3O2/c12-4-3-9(17)7-1-2-10(8(5-7)6-13)18-11(14,15)16/h1-2,5H,3-4,6H2. The molecule has 1 rings (SSSR count). The van der Waals surface area contributed by atoms with E-state index in [1.165, 1.54) is 12.1 Å². The number of Topliss-reactive ketones (excluding diaryl/α,β-unsaturated/α-hetero) is 1. The maximum atomic E-state index is 12.1. The molecule has 0 spiro atoms. The molecule has 0 saturated carbocycles. The summed E-state index contributed by atoms with van der Waals surface area (Å²) in [5.41, 5.74) is 0.453. The van der Waals surface area contributed by atoms with E-state index in [1.54, 1.807) is 0 Å². The molecule has 0 aliphatic carbocycles. The van der Waals surface area contributed by atoms with Crippen molar-refractivity contribution in [3.05, 3.63) is 29.3 Å². The minimum Gasteiger partial charge on any atom is -0.405 e. The van der Waals surface area contributed by atoms with Crippen molar-refractivity contribution in [2.75, 3.05) is 5.33 Å². The van der Waals surface area contributed by atoms with Gasteiger partial charge in [-0.15, -0.1) is 24.8 Å². The van der Waals surface area contributed by atoms with Gasteiger partial charge in [0, 0.05) is 22.9 Å². The number of halogens is 5. The molecule has 0 aromatic heterocycles. The lowest BCUT2D eigenvalue weighted by molar-refractivity contribution is -0.274. The van der Waals surface area contributed by atoms with E-state index in [-0.39, 0.29) is 29.4 Å². The smallest absolute Gasteiger partial charge is 0.405 e. The molecule has 0 aliphatic rings. The molecule has 7 heteroatoms. The molecule has 2 nitrogen and oxygen atoms in total. The van der Waals surface area contributed by atoms with Crippen LogP contribution in [0.3, 0.4) is 0 Å². The summed E-state index contributed by atoms with van der Waals surface area (Å²) in [5, 5.41) is 0.489. The molecule has 1 aromatic rings. The normalized spacial score (nSPS) is 11.4. The highest BCUT2D eigenvalue weighted by Crippen LogP contribution is 2.28. The molecule has 0 radical (unpaired) electrons. The highest BCUT2D eigenvalue weighted by Gasteiger charge is 2.32. The zero-order valence-corrected chi connectivity index (χ0v) is 11.4. The monoisotopic (exact) mass is 344 g/mol. The van der Waals surface area contributed by atoms with Crippen LogP contribution in [0.15, 0.2) is 18.2 Å². The molecule has 0 saturated heterocycles. The zero-order chi connectivity index (χ0) is 13.8. The topological polar surface area (TPSA) is 26.3 Å². The molecule has 18 heavy (non-hydrogen) atoms. The van der Waals surface area contributed by atoms with Crippen molar-refractivity contribution in [1.82, 2.24) is 0 Å². The minimum atomic E-state index is -4.78. The van der Waals surface area contributed by atoms with Gasteiger partial charge >= 0.3 is 6.36 Å². The maximum Gasteiger partial charge on any atom is 0.573 e. The van der Waals surface area contributed by atoms with Gasteiger partial charge in [-0.3, -0.25) is 4.79 Å². The lowest BCUT2D eigenvalue weighted by Crippen LogP contribution is -2.18. The van der Waals surface area contributed by atoms with Gasteiger partial charge in [0.05, 0.1) is 5.88 Å². The Balaban J connectivity index is 3.00. The fourth-order valence-electron chi connectivity index (χ4n) is 1.31. The maximum absolute atomic E-state index is 12.1. The van der Waals surface area contributed by atoms with Crippen LogP contribution in [0.1, 0.15) is 22.3 Å². The molecule has 0 heterocycles. The Morgan fingerprint density at radius 3 is 2.56 bits per heavy atom. The Morgan fingerprint density at radius 1 is 1.39 bits per heavy atom. The summed E-state index contributed by atoms with van der Waals surface area (Å²) in [6.45, 7) is 0. The third kappa shape index (κ3) is 4.49. The summed E-state index contributed by atoms with van der Waals surface area (Å²) in [6, 6.07) is 3.72. The molecule has 0 bridgehead atoms. The molecule has 0 amide bonds. The molecule has 1 aromatic carbocycles. The predicted octanol–water partition coefficient (Wildman–Crippen LogP) is 4.29. The minimum absolute atomic E-state index is 0.134. The summed E-state index contributed by atoms with van der Waals surface area (Å²) in [5.74, 6) is -0.717. The van der Waals surface area contributed by atoms with Crippen molar-refractivity contribution < 1.29 is 22.7 Å². The average molecular weight is 346 g/mol. The van der Waals surface area contributed by atoms with Crippen molar-refractivity contribution in [3.63, 3.8) is 0 Å². The Hall–Kier alpha value is -0.750. The number of ether oxygens (including phenoxy) is 1. The van der Waals surface area contributed by atoms with Crippen LogP contribution in [-0.2, 0) is 5.88 Å². The predicted molar refractivity (Wildman–Crippen MR) is 65.4 cm³/mol. The first kappa shape index (κ1) is 15.3. The van der Waals surface area contributed by atoms with E-state index >= 15 is 0 Å². The first-order chi connectivity index (χ1) is 8.37. The second-order valence-corrected chi connectivity index (χ2v) is 4.43. The van der Waals surface area contributed by atoms with Crippen molar-refractivity contribution in [2.24, 2.45) is 0 Å². The summed E-state index contributed by atoms with van der Waals surface area (Å²) in [7, 11) is 0. The average Bonchev–Trinajstić information content (AvgIpc) is 2.27. The van der Waals surface area contributed by atoms with Crippen LogP contribution < -0.4 is 4.74 Å². The van der Waals surface area contributed by atoms with Gasteiger partial charge in [0.15, 0.2) is 5.78 Å². The fourth-order valence-corrected chi connectivity index (χ4v) is 1.88. The Labute approximate surface area is 115 Å². The van der Waals surface area contributed by atoms with Crippen LogP contribution in [0.5, 0.6) is 5.75 Å². The third-order valence-corrected chi connectivity index (χ3v) is 2.76. The molecule has 0 N–H and O–H groups in total. The highest BCUT2D eigenvalue weighted by molar-refractivity contribution is 9.09. The third-order valence-electron chi connectivity index (χ3n) is 2.07. The van der Waals surface area contributed by atoms with E-state index in [2.05, 4.69) is 20.7 Å². The number of hydrogen-bond donors (Lipinski definition) is 0. The summed E-state index contributed by atoms with van der Waals surface area (Å²) in [6.07, 6.45) is -4.51. The lowest BCUT2D eigenvalue weighted by Gasteiger charge is -2.12. The van der Waals surface area contributed by atoms with Crippen LogP contribution >= 0.6 is 27.5 Å². The van der Waals surface area contributed by atoms with Crippen molar-refractivity contribution in [1.29, 1.82) is 0 Å². The van der Waals surface area contributed by atoms with Crippen LogP contribution in [0, 0.1) is 0 Å².